The number of likely N-dealkylation sites (tertiary alicyclic amines) is 1. The summed E-state index contributed by atoms with van der Waals surface area (Å²) in [5.41, 5.74) is 1.83. The van der Waals surface area contributed by atoms with E-state index in [-0.39, 0.29) is 18.2 Å². The molecule has 0 aliphatic carbocycles. The molecule has 6 heteroatoms. The third-order valence-electron chi connectivity index (χ3n) is 5.01. The van der Waals surface area contributed by atoms with E-state index in [0.29, 0.717) is 25.7 Å². The second kappa shape index (κ2) is 10.6. The van der Waals surface area contributed by atoms with Gasteiger partial charge in [-0.3, -0.25) is 0 Å². The molecule has 1 aromatic rings. The van der Waals surface area contributed by atoms with Gasteiger partial charge in [-0.15, -0.1) is 0 Å². The maximum absolute atomic E-state index is 12.7. The van der Waals surface area contributed by atoms with Gasteiger partial charge in [0.05, 0.1) is 25.9 Å². The number of nitrogens with one attached hydrogen (secondary N) is 1. The lowest BCUT2D eigenvalue weighted by atomic mass is 9.93. The number of anilines is 1. The Morgan fingerprint density at radius 2 is 2.15 bits per heavy atom. The zero-order valence-corrected chi connectivity index (χ0v) is 17.4. The molecule has 0 saturated carbocycles. The number of amides is 2. The number of urea groups is 1. The Morgan fingerprint density at radius 3 is 2.85 bits per heavy atom. The summed E-state index contributed by atoms with van der Waals surface area (Å²) < 4.78 is 11.1. The summed E-state index contributed by atoms with van der Waals surface area (Å²) >= 11 is 0. The molecule has 1 fully saturated rings. The molecule has 0 unspecified atom stereocenters. The summed E-state index contributed by atoms with van der Waals surface area (Å²) in [4.78, 5) is 16.8. The van der Waals surface area contributed by atoms with Crippen molar-refractivity contribution in [1.82, 2.24) is 9.80 Å². The van der Waals surface area contributed by atoms with Crippen molar-refractivity contribution in [2.45, 2.75) is 45.9 Å². The highest BCUT2D eigenvalue weighted by molar-refractivity contribution is 5.89. The van der Waals surface area contributed by atoms with E-state index >= 15 is 0 Å². The van der Waals surface area contributed by atoms with E-state index < -0.39 is 0 Å². The van der Waals surface area contributed by atoms with Gasteiger partial charge in [0.2, 0.25) is 0 Å². The van der Waals surface area contributed by atoms with Gasteiger partial charge < -0.3 is 24.6 Å². The summed E-state index contributed by atoms with van der Waals surface area (Å²) in [6.45, 7) is 9.94. The smallest absolute Gasteiger partial charge is 0.321 e. The SMILES string of the molecule is CC(C)OCCOCc1cccc(NC(=O)N(C)[C@H]2CCN(C)C[C@H]2C)c1. The first-order valence-electron chi connectivity index (χ1n) is 9.87. The minimum absolute atomic E-state index is 0.0557. The Kier molecular flexibility index (Phi) is 8.54. The van der Waals surface area contributed by atoms with Gasteiger partial charge in [0, 0.05) is 25.3 Å². The average Bonchev–Trinajstić information content (AvgIpc) is 2.61. The monoisotopic (exact) mass is 377 g/mol. The predicted molar refractivity (Wildman–Crippen MR) is 109 cm³/mol. The van der Waals surface area contributed by atoms with E-state index in [4.69, 9.17) is 9.47 Å². The Labute approximate surface area is 163 Å². The lowest BCUT2D eigenvalue weighted by Crippen LogP contribution is -2.50. The van der Waals surface area contributed by atoms with Crippen molar-refractivity contribution in [3.8, 4) is 0 Å². The van der Waals surface area contributed by atoms with E-state index in [2.05, 4.69) is 24.2 Å². The van der Waals surface area contributed by atoms with Crippen LogP contribution in [0.1, 0.15) is 32.8 Å². The number of carbonyl (C=O) groups is 1. The van der Waals surface area contributed by atoms with Crippen molar-refractivity contribution in [3.63, 3.8) is 0 Å². The lowest BCUT2D eigenvalue weighted by Gasteiger charge is -2.39. The average molecular weight is 378 g/mol. The first-order valence-corrected chi connectivity index (χ1v) is 9.87. The zero-order chi connectivity index (χ0) is 19.8. The molecule has 1 N–H and O–H groups in total. The normalized spacial score (nSPS) is 20.7. The number of nitrogens with zero attached hydrogens (tertiary/aromatic N) is 2. The maximum atomic E-state index is 12.7. The van der Waals surface area contributed by atoms with Gasteiger partial charge >= 0.3 is 6.03 Å². The Morgan fingerprint density at radius 1 is 1.37 bits per heavy atom. The van der Waals surface area contributed by atoms with E-state index in [1.165, 1.54) is 0 Å². The molecule has 1 aliphatic heterocycles. The summed E-state index contributed by atoms with van der Waals surface area (Å²) in [5.74, 6) is 0.465. The topological polar surface area (TPSA) is 54.0 Å². The first kappa shape index (κ1) is 21.7. The summed E-state index contributed by atoms with van der Waals surface area (Å²) in [6.07, 6.45) is 1.23. The number of rotatable bonds is 8. The van der Waals surface area contributed by atoms with Gasteiger partial charge in [-0.05, 0) is 57.5 Å². The molecule has 0 bridgehead atoms. The van der Waals surface area contributed by atoms with Crippen molar-refractivity contribution in [2.75, 3.05) is 45.7 Å². The molecule has 0 aromatic heterocycles. The van der Waals surface area contributed by atoms with Gasteiger partial charge in [-0.1, -0.05) is 19.1 Å². The van der Waals surface area contributed by atoms with Crippen LogP contribution in [0.4, 0.5) is 10.5 Å². The summed E-state index contributed by atoms with van der Waals surface area (Å²) in [6, 6.07) is 8.04. The Balaban J connectivity index is 1.83. The van der Waals surface area contributed by atoms with Crippen LogP contribution in [0.5, 0.6) is 0 Å². The third-order valence-corrected chi connectivity index (χ3v) is 5.01. The molecule has 1 saturated heterocycles. The maximum Gasteiger partial charge on any atom is 0.321 e. The number of piperidine rings is 1. The van der Waals surface area contributed by atoms with Crippen LogP contribution in [0.25, 0.3) is 0 Å². The van der Waals surface area contributed by atoms with E-state index in [1.54, 1.807) is 0 Å². The molecular weight excluding hydrogens is 342 g/mol. The fraction of sp³-hybridized carbons (Fsp3) is 0.667. The molecule has 152 valence electrons. The van der Waals surface area contributed by atoms with Crippen molar-refractivity contribution < 1.29 is 14.3 Å². The number of hydrogen-bond acceptors (Lipinski definition) is 4. The van der Waals surface area contributed by atoms with Crippen molar-refractivity contribution in [1.29, 1.82) is 0 Å². The van der Waals surface area contributed by atoms with Crippen molar-refractivity contribution >= 4 is 11.7 Å². The quantitative estimate of drug-likeness (QED) is 0.705. The van der Waals surface area contributed by atoms with Crippen molar-refractivity contribution in [3.05, 3.63) is 29.8 Å². The first-order chi connectivity index (χ1) is 12.9. The molecule has 1 aliphatic rings. The van der Waals surface area contributed by atoms with Crippen LogP contribution in [-0.4, -0.2) is 68.4 Å². The van der Waals surface area contributed by atoms with Gasteiger partial charge in [-0.25, -0.2) is 4.79 Å². The molecule has 0 radical (unpaired) electrons. The predicted octanol–water partition coefficient (Wildman–Crippen LogP) is 3.43. The molecule has 2 atom stereocenters. The number of carbonyl (C=O) groups excluding carboxylic acids is 1. The Hall–Kier alpha value is -1.63. The molecule has 2 rings (SSSR count). The van der Waals surface area contributed by atoms with Crippen LogP contribution in [0.15, 0.2) is 24.3 Å². The largest absolute Gasteiger partial charge is 0.376 e. The van der Waals surface area contributed by atoms with Crippen LogP contribution >= 0.6 is 0 Å². The van der Waals surface area contributed by atoms with Gasteiger partial charge in [0.25, 0.3) is 0 Å². The van der Waals surface area contributed by atoms with Crippen LogP contribution in [0.2, 0.25) is 0 Å². The van der Waals surface area contributed by atoms with Crippen LogP contribution in [0, 0.1) is 5.92 Å². The minimum atomic E-state index is -0.0557. The summed E-state index contributed by atoms with van der Waals surface area (Å²) in [5, 5.41) is 3.02. The standard InChI is InChI=1S/C21H35N3O3/c1-16(2)27-12-11-26-15-18-7-6-8-19(13-18)22-21(25)24(5)20-9-10-23(4)14-17(20)3/h6-8,13,16-17,20H,9-12,14-15H2,1-5H3,(H,22,25)/t17-,20+/m1/s1. The molecule has 1 heterocycles. The zero-order valence-electron chi connectivity index (χ0n) is 17.4. The number of benzene rings is 1. The lowest BCUT2D eigenvalue weighted by molar-refractivity contribution is 0.0143. The van der Waals surface area contributed by atoms with Crippen LogP contribution in [0.3, 0.4) is 0 Å². The molecule has 2 amide bonds. The van der Waals surface area contributed by atoms with Crippen molar-refractivity contribution in [2.24, 2.45) is 5.92 Å². The van der Waals surface area contributed by atoms with Gasteiger partial charge in [0.1, 0.15) is 0 Å². The fourth-order valence-corrected chi connectivity index (χ4v) is 3.55. The van der Waals surface area contributed by atoms with E-state index in [9.17, 15) is 4.79 Å². The minimum Gasteiger partial charge on any atom is -0.376 e. The second-order valence-electron chi connectivity index (χ2n) is 7.81. The van der Waals surface area contributed by atoms with Gasteiger partial charge in [0.15, 0.2) is 0 Å². The van der Waals surface area contributed by atoms with Gasteiger partial charge in [-0.2, -0.15) is 0 Å². The highest BCUT2D eigenvalue weighted by atomic mass is 16.5. The highest BCUT2D eigenvalue weighted by Crippen LogP contribution is 2.21. The highest BCUT2D eigenvalue weighted by Gasteiger charge is 2.29. The van der Waals surface area contributed by atoms with Crippen LogP contribution in [-0.2, 0) is 16.1 Å². The Bertz CT molecular complexity index is 594. The molecular formula is C21H35N3O3. The third kappa shape index (κ3) is 7.13. The molecule has 27 heavy (non-hydrogen) atoms. The number of hydrogen-bond donors (Lipinski definition) is 1. The number of ether oxygens (including phenoxy) is 2. The molecule has 6 nitrogen and oxygen atoms in total. The van der Waals surface area contributed by atoms with E-state index in [1.807, 2.05) is 50.1 Å². The fourth-order valence-electron chi connectivity index (χ4n) is 3.55. The second-order valence-corrected chi connectivity index (χ2v) is 7.81. The van der Waals surface area contributed by atoms with E-state index in [0.717, 1.165) is 30.8 Å². The van der Waals surface area contributed by atoms with Crippen LogP contribution < -0.4 is 5.32 Å². The molecule has 1 aromatic carbocycles. The summed E-state index contributed by atoms with van der Waals surface area (Å²) in [7, 11) is 4.03. The molecule has 0 spiro atoms.